The van der Waals surface area contributed by atoms with Crippen molar-refractivity contribution >= 4 is 27.5 Å². The number of rotatable bonds is 9. The van der Waals surface area contributed by atoms with Crippen LogP contribution < -0.4 is 9.62 Å². The van der Waals surface area contributed by atoms with Crippen molar-refractivity contribution in [2.45, 2.75) is 59.5 Å². The second-order valence-electron chi connectivity index (χ2n) is 9.65. The van der Waals surface area contributed by atoms with Gasteiger partial charge in [-0.15, -0.1) is 0 Å². The summed E-state index contributed by atoms with van der Waals surface area (Å²) in [6.45, 7) is 11.9. The summed E-state index contributed by atoms with van der Waals surface area (Å²) in [5, 5.41) is 2.75. The molecule has 2 amide bonds. The monoisotopic (exact) mass is 487 g/mol. The molecule has 1 unspecified atom stereocenters. The highest BCUT2D eigenvalue weighted by Crippen LogP contribution is 2.26. The summed E-state index contributed by atoms with van der Waals surface area (Å²) in [6.07, 6.45) is 1.08. The van der Waals surface area contributed by atoms with Crippen molar-refractivity contribution in [3.05, 3.63) is 65.2 Å². The third kappa shape index (κ3) is 7.32. The van der Waals surface area contributed by atoms with Crippen molar-refractivity contribution in [3.8, 4) is 0 Å². The molecule has 0 spiro atoms. The molecule has 186 valence electrons. The van der Waals surface area contributed by atoms with Crippen molar-refractivity contribution in [3.63, 3.8) is 0 Å². The maximum atomic E-state index is 13.5. The van der Waals surface area contributed by atoms with E-state index in [0.717, 1.165) is 27.3 Å². The van der Waals surface area contributed by atoms with Crippen molar-refractivity contribution in [2.24, 2.45) is 0 Å². The fourth-order valence-corrected chi connectivity index (χ4v) is 4.50. The zero-order valence-corrected chi connectivity index (χ0v) is 22.1. The van der Waals surface area contributed by atoms with E-state index in [1.54, 1.807) is 19.1 Å². The van der Waals surface area contributed by atoms with E-state index < -0.39 is 28.5 Å². The maximum absolute atomic E-state index is 13.5. The number of sulfonamides is 1. The molecule has 0 heterocycles. The van der Waals surface area contributed by atoms with Gasteiger partial charge in [-0.1, -0.05) is 62.7 Å². The van der Waals surface area contributed by atoms with Gasteiger partial charge in [-0.2, -0.15) is 0 Å². The van der Waals surface area contributed by atoms with E-state index in [2.05, 4.69) is 26.1 Å². The van der Waals surface area contributed by atoms with Gasteiger partial charge in [0, 0.05) is 13.1 Å². The van der Waals surface area contributed by atoms with E-state index in [0.29, 0.717) is 12.2 Å². The standard InChI is InChI=1S/C26H37N3O4S/c1-8-27-25(31)20(3)28(17-21-11-9-10-19(2)16-21)24(30)18-29(34(7,32)33)23-14-12-22(13-15-23)26(4,5)6/h9-16,20H,8,17-18H2,1-7H3,(H,27,31). The second kappa shape index (κ2) is 11.0. The molecule has 0 saturated carbocycles. The van der Waals surface area contributed by atoms with Crippen molar-refractivity contribution in [1.82, 2.24) is 10.2 Å². The first-order valence-corrected chi connectivity index (χ1v) is 13.3. The molecule has 0 aromatic heterocycles. The lowest BCUT2D eigenvalue weighted by Gasteiger charge is -2.31. The number of nitrogens with zero attached hydrogens (tertiary/aromatic N) is 2. The van der Waals surface area contributed by atoms with Crippen molar-refractivity contribution < 1.29 is 18.0 Å². The number of nitrogens with one attached hydrogen (secondary N) is 1. The summed E-state index contributed by atoms with van der Waals surface area (Å²) in [4.78, 5) is 27.5. The van der Waals surface area contributed by atoms with Crippen LogP contribution in [-0.2, 0) is 31.6 Å². The average Bonchev–Trinajstić information content (AvgIpc) is 2.74. The predicted molar refractivity (Wildman–Crippen MR) is 137 cm³/mol. The molecule has 2 aromatic rings. The average molecular weight is 488 g/mol. The summed E-state index contributed by atoms with van der Waals surface area (Å²) in [5.41, 5.74) is 3.28. The number of amides is 2. The van der Waals surface area contributed by atoms with Gasteiger partial charge >= 0.3 is 0 Å². The van der Waals surface area contributed by atoms with Gasteiger partial charge in [-0.25, -0.2) is 8.42 Å². The Hall–Kier alpha value is -2.87. The molecule has 1 N–H and O–H groups in total. The minimum absolute atomic E-state index is 0.0864. The first kappa shape index (κ1) is 27.4. The molecule has 2 rings (SSSR count). The van der Waals surface area contributed by atoms with E-state index in [1.807, 2.05) is 50.2 Å². The summed E-state index contributed by atoms with van der Waals surface area (Å²) >= 11 is 0. The third-order valence-electron chi connectivity index (χ3n) is 5.65. The van der Waals surface area contributed by atoms with E-state index in [9.17, 15) is 18.0 Å². The number of aryl methyl sites for hydroxylation is 1. The smallest absolute Gasteiger partial charge is 0.244 e. The molecule has 0 fully saturated rings. The molecular formula is C26H37N3O4S. The fraction of sp³-hybridized carbons (Fsp3) is 0.462. The summed E-state index contributed by atoms with van der Waals surface area (Å²) in [6, 6.07) is 14.1. The number of hydrogen-bond donors (Lipinski definition) is 1. The highest BCUT2D eigenvalue weighted by atomic mass is 32.2. The van der Waals surface area contributed by atoms with Crippen LogP contribution >= 0.6 is 0 Å². The maximum Gasteiger partial charge on any atom is 0.244 e. The topological polar surface area (TPSA) is 86.8 Å². The lowest BCUT2D eigenvalue weighted by molar-refractivity contribution is -0.139. The number of benzene rings is 2. The van der Waals surface area contributed by atoms with Gasteiger partial charge in [0.15, 0.2) is 0 Å². The van der Waals surface area contributed by atoms with Gasteiger partial charge in [-0.05, 0) is 49.4 Å². The van der Waals surface area contributed by atoms with Crippen LogP contribution in [0.15, 0.2) is 48.5 Å². The Morgan fingerprint density at radius 2 is 1.68 bits per heavy atom. The Morgan fingerprint density at radius 1 is 1.06 bits per heavy atom. The Morgan fingerprint density at radius 3 is 2.18 bits per heavy atom. The van der Waals surface area contributed by atoms with Gasteiger partial charge in [0.2, 0.25) is 21.8 Å². The van der Waals surface area contributed by atoms with E-state index in [1.165, 1.54) is 4.90 Å². The molecule has 2 aromatic carbocycles. The van der Waals surface area contributed by atoms with E-state index in [-0.39, 0.29) is 17.9 Å². The lowest BCUT2D eigenvalue weighted by Crippen LogP contribution is -2.51. The van der Waals surface area contributed by atoms with Crippen LogP contribution in [-0.4, -0.2) is 50.5 Å². The van der Waals surface area contributed by atoms with Crippen LogP contribution in [0, 0.1) is 6.92 Å². The minimum Gasteiger partial charge on any atom is -0.355 e. The van der Waals surface area contributed by atoms with Crippen LogP contribution in [0.2, 0.25) is 0 Å². The summed E-state index contributed by atoms with van der Waals surface area (Å²) in [7, 11) is -3.75. The second-order valence-corrected chi connectivity index (χ2v) is 11.6. The van der Waals surface area contributed by atoms with E-state index in [4.69, 9.17) is 0 Å². The first-order valence-electron chi connectivity index (χ1n) is 11.4. The van der Waals surface area contributed by atoms with Gasteiger partial charge in [-0.3, -0.25) is 13.9 Å². The Bertz CT molecular complexity index is 1110. The highest BCUT2D eigenvalue weighted by molar-refractivity contribution is 7.92. The molecule has 0 saturated heterocycles. The molecule has 34 heavy (non-hydrogen) atoms. The molecular weight excluding hydrogens is 450 g/mol. The largest absolute Gasteiger partial charge is 0.355 e. The van der Waals surface area contributed by atoms with Gasteiger partial charge in [0.05, 0.1) is 11.9 Å². The predicted octanol–water partition coefficient (Wildman–Crippen LogP) is 3.61. The minimum atomic E-state index is -3.75. The highest BCUT2D eigenvalue weighted by Gasteiger charge is 2.30. The summed E-state index contributed by atoms with van der Waals surface area (Å²) in [5.74, 6) is -0.741. The van der Waals surface area contributed by atoms with Gasteiger partial charge < -0.3 is 10.2 Å². The number of carbonyl (C=O) groups excluding carboxylic acids is 2. The third-order valence-corrected chi connectivity index (χ3v) is 6.79. The number of anilines is 1. The van der Waals surface area contributed by atoms with Crippen molar-refractivity contribution in [2.75, 3.05) is 23.7 Å². The van der Waals surface area contributed by atoms with Crippen LogP contribution in [0.25, 0.3) is 0 Å². The Labute approximate surface area is 204 Å². The van der Waals surface area contributed by atoms with Crippen molar-refractivity contribution in [1.29, 1.82) is 0 Å². The zero-order valence-electron chi connectivity index (χ0n) is 21.3. The van der Waals surface area contributed by atoms with Gasteiger partial charge in [0.1, 0.15) is 12.6 Å². The van der Waals surface area contributed by atoms with Gasteiger partial charge in [0.25, 0.3) is 0 Å². The molecule has 7 nitrogen and oxygen atoms in total. The molecule has 0 aliphatic heterocycles. The zero-order chi connectivity index (χ0) is 25.7. The number of hydrogen-bond acceptors (Lipinski definition) is 4. The molecule has 0 aliphatic carbocycles. The molecule has 1 atom stereocenters. The van der Waals surface area contributed by atoms with Crippen LogP contribution in [0.5, 0.6) is 0 Å². The first-order chi connectivity index (χ1) is 15.7. The normalized spacial score (nSPS) is 12.7. The molecule has 0 bridgehead atoms. The molecule has 8 heteroatoms. The SMILES string of the molecule is CCNC(=O)C(C)N(Cc1cccc(C)c1)C(=O)CN(c1ccc(C(C)(C)C)cc1)S(C)(=O)=O. The fourth-order valence-electron chi connectivity index (χ4n) is 3.65. The Kier molecular flexibility index (Phi) is 8.89. The lowest BCUT2D eigenvalue weighted by atomic mass is 9.87. The molecule has 0 aliphatic rings. The summed E-state index contributed by atoms with van der Waals surface area (Å²) < 4.78 is 26.4. The molecule has 0 radical (unpaired) electrons. The number of carbonyl (C=O) groups is 2. The quantitative estimate of drug-likeness (QED) is 0.585. The Balaban J connectivity index is 2.39. The van der Waals surface area contributed by atoms with Crippen LogP contribution in [0.4, 0.5) is 5.69 Å². The number of likely N-dealkylation sites (N-methyl/N-ethyl adjacent to an activating group) is 1. The van der Waals surface area contributed by atoms with E-state index >= 15 is 0 Å². The van der Waals surface area contributed by atoms with Crippen LogP contribution in [0.3, 0.4) is 0 Å². The van der Waals surface area contributed by atoms with Crippen LogP contribution in [0.1, 0.15) is 51.3 Å².